The van der Waals surface area contributed by atoms with Crippen LogP contribution < -0.4 is 14.4 Å². The van der Waals surface area contributed by atoms with Crippen LogP contribution in [0.15, 0.2) is 72.3 Å². The standard InChI is InChI=1S/C27H25NO5/c1-16-8-7-9-18(14-16)24-23(25(29)19-15-17(2)12-13-21(19)32-3)26(30)27(31)28(24)20-10-5-6-11-22(20)33-4/h5-15,24,29H,1-4H3/b25-23+. The third kappa shape index (κ3) is 3.84. The summed E-state index contributed by atoms with van der Waals surface area (Å²) in [6, 6.07) is 19.0. The average molecular weight is 443 g/mol. The van der Waals surface area contributed by atoms with Crippen LogP contribution in [0.25, 0.3) is 5.76 Å². The fourth-order valence-electron chi connectivity index (χ4n) is 4.22. The van der Waals surface area contributed by atoms with E-state index in [0.717, 1.165) is 11.1 Å². The summed E-state index contributed by atoms with van der Waals surface area (Å²) in [4.78, 5) is 28.1. The molecule has 168 valence electrons. The van der Waals surface area contributed by atoms with Crippen molar-refractivity contribution in [2.45, 2.75) is 19.9 Å². The third-order valence-corrected chi connectivity index (χ3v) is 5.76. The molecule has 3 aromatic carbocycles. The normalized spacial score (nSPS) is 17.3. The Labute approximate surface area is 192 Å². The molecule has 3 aromatic rings. The molecule has 0 saturated carbocycles. The van der Waals surface area contributed by atoms with Gasteiger partial charge in [-0.1, -0.05) is 53.6 Å². The van der Waals surface area contributed by atoms with Crippen LogP contribution in [0.4, 0.5) is 5.69 Å². The van der Waals surface area contributed by atoms with Crippen molar-refractivity contribution in [1.82, 2.24) is 0 Å². The van der Waals surface area contributed by atoms with E-state index in [1.54, 1.807) is 36.4 Å². The molecule has 1 N–H and O–H groups in total. The molecule has 1 aliphatic rings. The second kappa shape index (κ2) is 8.82. The number of ether oxygens (including phenoxy) is 2. The first-order chi connectivity index (χ1) is 15.9. The maximum atomic E-state index is 13.4. The van der Waals surface area contributed by atoms with Gasteiger partial charge in [0, 0.05) is 0 Å². The Morgan fingerprint density at radius 1 is 0.848 bits per heavy atom. The van der Waals surface area contributed by atoms with Gasteiger partial charge in [0.2, 0.25) is 0 Å². The van der Waals surface area contributed by atoms with Crippen LogP contribution in [0, 0.1) is 13.8 Å². The molecule has 0 bridgehead atoms. The maximum Gasteiger partial charge on any atom is 0.300 e. The molecule has 1 fully saturated rings. The Hall–Kier alpha value is -4.06. The van der Waals surface area contributed by atoms with E-state index in [4.69, 9.17) is 9.47 Å². The second-order valence-corrected chi connectivity index (χ2v) is 7.96. The van der Waals surface area contributed by atoms with E-state index in [2.05, 4.69) is 0 Å². The highest BCUT2D eigenvalue weighted by atomic mass is 16.5. The van der Waals surface area contributed by atoms with Crippen LogP contribution in [0.2, 0.25) is 0 Å². The van der Waals surface area contributed by atoms with Gasteiger partial charge in [-0.15, -0.1) is 0 Å². The molecule has 1 heterocycles. The van der Waals surface area contributed by atoms with Crippen LogP contribution in [0.3, 0.4) is 0 Å². The number of hydrogen-bond acceptors (Lipinski definition) is 5. The van der Waals surface area contributed by atoms with Crippen LogP contribution in [-0.4, -0.2) is 31.0 Å². The monoisotopic (exact) mass is 443 g/mol. The molecule has 0 aliphatic carbocycles. The van der Waals surface area contributed by atoms with E-state index < -0.39 is 17.7 Å². The lowest BCUT2D eigenvalue weighted by Crippen LogP contribution is -2.29. The molecule has 1 saturated heterocycles. The SMILES string of the molecule is COc1ccc(C)cc1/C(O)=C1\C(=O)C(=O)N(c2ccccc2OC)C1c1cccc(C)c1. The minimum atomic E-state index is -0.841. The lowest BCUT2D eigenvalue weighted by Gasteiger charge is -2.27. The average Bonchev–Trinajstić information content (AvgIpc) is 3.09. The maximum absolute atomic E-state index is 13.4. The summed E-state index contributed by atoms with van der Waals surface area (Å²) >= 11 is 0. The van der Waals surface area contributed by atoms with E-state index in [1.165, 1.54) is 19.1 Å². The topological polar surface area (TPSA) is 76.1 Å². The number of amides is 1. The van der Waals surface area contributed by atoms with E-state index in [9.17, 15) is 14.7 Å². The summed E-state index contributed by atoms with van der Waals surface area (Å²) in [5.74, 6) is -0.930. The summed E-state index contributed by atoms with van der Waals surface area (Å²) < 4.78 is 10.9. The molecule has 4 rings (SSSR count). The Bertz CT molecular complexity index is 1280. The highest BCUT2D eigenvalue weighted by Gasteiger charge is 2.48. The van der Waals surface area contributed by atoms with Crippen molar-refractivity contribution in [3.8, 4) is 11.5 Å². The number of benzene rings is 3. The summed E-state index contributed by atoms with van der Waals surface area (Å²) in [5, 5.41) is 11.4. The molecule has 0 spiro atoms. The van der Waals surface area contributed by atoms with Crippen molar-refractivity contribution < 1.29 is 24.2 Å². The minimum absolute atomic E-state index is 0.000376. The molecule has 6 heteroatoms. The molecule has 1 unspecified atom stereocenters. The Morgan fingerprint density at radius 2 is 1.55 bits per heavy atom. The van der Waals surface area contributed by atoms with E-state index in [0.29, 0.717) is 28.3 Å². The van der Waals surface area contributed by atoms with Crippen LogP contribution in [0.1, 0.15) is 28.3 Å². The van der Waals surface area contributed by atoms with Crippen molar-refractivity contribution in [2.75, 3.05) is 19.1 Å². The molecule has 0 aromatic heterocycles. The number of hydrogen-bond donors (Lipinski definition) is 1. The lowest BCUT2D eigenvalue weighted by atomic mass is 9.93. The van der Waals surface area contributed by atoms with Gasteiger partial charge in [0.1, 0.15) is 17.3 Å². The number of anilines is 1. The zero-order chi connectivity index (χ0) is 23.7. The van der Waals surface area contributed by atoms with Gasteiger partial charge in [-0.2, -0.15) is 0 Å². The van der Waals surface area contributed by atoms with Gasteiger partial charge in [0.05, 0.1) is 37.1 Å². The summed E-state index contributed by atoms with van der Waals surface area (Å²) in [5.41, 5.74) is 3.35. The molecular formula is C27H25NO5. The Morgan fingerprint density at radius 3 is 2.24 bits per heavy atom. The minimum Gasteiger partial charge on any atom is -0.507 e. The zero-order valence-corrected chi connectivity index (χ0v) is 19.0. The second-order valence-electron chi connectivity index (χ2n) is 7.96. The predicted octanol–water partition coefficient (Wildman–Crippen LogP) is 4.95. The highest BCUT2D eigenvalue weighted by molar-refractivity contribution is 6.52. The van der Waals surface area contributed by atoms with Crippen molar-refractivity contribution in [2.24, 2.45) is 0 Å². The van der Waals surface area contributed by atoms with E-state index >= 15 is 0 Å². The molecule has 1 atom stereocenters. The van der Waals surface area contributed by atoms with Crippen LogP contribution in [0.5, 0.6) is 11.5 Å². The number of aliphatic hydroxyl groups is 1. The van der Waals surface area contributed by atoms with Gasteiger partial charge >= 0.3 is 0 Å². The van der Waals surface area contributed by atoms with Gasteiger partial charge in [0.15, 0.2) is 0 Å². The zero-order valence-electron chi connectivity index (χ0n) is 19.0. The number of carbonyl (C=O) groups excluding carboxylic acids is 2. The summed E-state index contributed by atoms with van der Waals surface area (Å²) in [6.45, 7) is 3.81. The number of carbonyl (C=O) groups is 2. The molecular weight excluding hydrogens is 418 g/mol. The van der Waals surface area contributed by atoms with Gasteiger partial charge in [-0.25, -0.2) is 0 Å². The molecule has 6 nitrogen and oxygen atoms in total. The first kappa shape index (κ1) is 22.1. The van der Waals surface area contributed by atoms with Crippen LogP contribution >= 0.6 is 0 Å². The Balaban J connectivity index is 2.02. The number of Topliss-reactive ketones (excluding diaryl/α,β-unsaturated/α-hetero) is 1. The van der Waals surface area contributed by atoms with E-state index in [1.807, 2.05) is 44.2 Å². The quantitative estimate of drug-likeness (QED) is 0.343. The Kier molecular flexibility index (Phi) is 5.92. The largest absolute Gasteiger partial charge is 0.507 e. The number of para-hydroxylation sites is 2. The van der Waals surface area contributed by atoms with Crippen LogP contribution in [-0.2, 0) is 9.59 Å². The summed E-state index contributed by atoms with van der Waals surface area (Å²) in [6.07, 6.45) is 0. The number of aliphatic hydroxyl groups excluding tert-OH is 1. The highest BCUT2D eigenvalue weighted by Crippen LogP contribution is 2.45. The van der Waals surface area contributed by atoms with Crippen molar-refractivity contribution >= 4 is 23.1 Å². The summed E-state index contributed by atoms with van der Waals surface area (Å²) in [7, 11) is 3.00. The van der Waals surface area contributed by atoms with Crippen molar-refractivity contribution in [1.29, 1.82) is 0 Å². The number of ketones is 1. The van der Waals surface area contributed by atoms with Crippen molar-refractivity contribution in [3.63, 3.8) is 0 Å². The molecule has 0 radical (unpaired) electrons. The molecule has 1 amide bonds. The molecule has 1 aliphatic heterocycles. The van der Waals surface area contributed by atoms with Gasteiger partial charge in [0.25, 0.3) is 11.7 Å². The first-order valence-corrected chi connectivity index (χ1v) is 10.5. The van der Waals surface area contributed by atoms with Gasteiger partial charge < -0.3 is 14.6 Å². The van der Waals surface area contributed by atoms with Gasteiger partial charge in [-0.3, -0.25) is 14.5 Å². The number of nitrogens with zero attached hydrogens (tertiary/aromatic N) is 1. The van der Waals surface area contributed by atoms with Gasteiger partial charge in [-0.05, 0) is 43.7 Å². The number of rotatable bonds is 5. The first-order valence-electron chi connectivity index (χ1n) is 10.5. The smallest absolute Gasteiger partial charge is 0.300 e. The third-order valence-electron chi connectivity index (χ3n) is 5.76. The van der Waals surface area contributed by atoms with E-state index in [-0.39, 0.29) is 11.3 Å². The van der Waals surface area contributed by atoms with Crippen molar-refractivity contribution in [3.05, 3.63) is 94.6 Å². The molecule has 33 heavy (non-hydrogen) atoms. The number of methoxy groups -OCH3 is 2. The lowest BCUT2D eigenvalue weighted by molar-refractivity contribution is -0.132. The number of aryl methyl sites for hydroxylation is 2. The predicted molar refractivity (Wildman–Crippen MR) is 127 cm³/mol. The fraction of sp³-hybridized carbons (Fsp3) is 0.185. The fourth-order valence-corrected chi connectivity index (χ4v) is 4.22.